The number of ether oxygens (including phenoxy) is 4. The van der Waals surface area contributed by atoms with E-state index in [1.165, 1.54) is 70.6 Å². The first kappa shape index (κ1) is 104. The summed E-state index contributed by atoms with van der Waals surface area (Å²) < 4.78 is 68.4. The van der Waals surface area contributed by atoms with Gasteiger partial charge < -0.3 is 33.8 Å². The average molecular weight is 1570 g/mol. The highest BCUT2D eigenvalue weighted by Crippen LogP contribution is 2.45. The molecule has 0 aromatic heterocycles. The fraction of sp³-hybridized carbons (Fsp3) is 0.582. The van der Waals surface area contributed by atoms with Crippen molar-refractivity contribution >= 4 is 39.5 Å². The van der Waals surface area contributed by atoms with E-state index in [9.17, 15) is 43.2 Å². The van der Waals surface area contributed by atoms with E-state index in [0.717, 1.165) is 116 Å². The molecular formula is C91H144O17P2. The van der Waals surface area contributed by atoms with Crippen LogP contribution in [0.2, 0.25) is 0 Å². The van der Waals surface area contributed by atoms with Crippen LogP contribution in [-0.4, -0.2) is 96.7 Å². The molecule has 0 saturated carbocycles. The Balaban J connectivity index is 5.60. The maximum absolute atomic E-state index is 13.1. The molecule has 0 rings (SSSR count). The fourth-order valence-corrected chi connectivity index (χ4v) is 11.7. The molecule has 0 spiro atoms. The molecule has 0 aromatic rings. The lowest BCUT2D eigenvalue weighted by molar-refractivity contribution is -0.161. The standard InChI is InChI=1S/C91H144O17P2/c1-5-9-13-17-21-25-29-33-36-39-42-45-48-52-56-60-64-68-72-76-89(94)102-82-87(108-91(96)78-74-70-66-62-58-54-50-47-44-41-38-35-31-27-23-19-15-11-7-3)84-106-110(99,100)104-80-85(92)79-103-109(97,98)105-83-86(81-101-88(93)75-71-67-63-59-55-51-32-28-24-20-16-12-8-4)107-90(95)77-73-69-65-61-57-53-49-46-43-40-37-34-30-26-22-18-14-10-6-2/h9,11,13,15,21-23,25-27,33-38,42-47,52-54,56-58,64-66,68-70,85-87,92H,5-8,10,12,14,16-20,24,28-32,39-41,48-51,55,59-63,67,71-84H2,1-4H3,(H,97,98)(H,99,100)/b13-9-,15-11-,25-21-,26-22-,27-23-,36-33-,37-34-,38-35-,45-42-,46-43-,47-44-,56-52-,57-53-,58-54-,68-64-,69-65-,70-66-/t85-,86+,87+/m0/s1. The fourth-order valence-electron chi connectivity index (χ4n) is 10.1. The van der Waals surface area contributed by atoms with Crippen molar-refractivity contribution in [2.24, 2.45) is 0 Å². The van der Waals surface area contributed by atoms with Gasteiger partial charge in [0.15, 0.2) is 12.2 Å². The molecular weight excluding hydrogens is 1430 g/mol. The zero-order valence-electron chi connectivity index (χ0n) is 67.8. The van der Waals surface area contributed by atoms with Crippen molar-refractivity contribution in [3.63, 3.8) is 0 Å². The highest BCUT2D eigenvalue weighted by Gasteiger charge is 2.30. The molecule has 0 aliphatic carbocycles. The maximum Gasteiger partial charge on any atom is 0.472 e. The Hall–Kier alpha value is -6.36. The molecule has 110 heavy (non-hydrogen) atoms. The summed E-state index contributed by atoms with van der Waals surface area (Å²) in [7, 11) is -10.1. The minimum absolute atomic E-state index is 0.00975. The van der Waals surface area contributed by atoms with Crippen LogP contribution in [0.25, 0.3) is 0 Å². The van der Waals surface area contributed by atoms with Gasteiger partial charge in [-0.3, -0.25) is 37.3 Å². The van der Waals surface area contributed by atoms with Crippen molar-refractivity contribution in [2.45, 2.75) is 303 Å². The van der Waals surface area contributed by atoms with E-state index >= 15 is 0 Å². The van der Waals surface area contributed by atoms with E-state index < -0.39 is 97.5 Å². The number of aliphatic hydroxyl groups excluding tert-OH is 1. The number of carbonyl (C=O) groups is 4. The molecule has 0 fully saturated rings. The second kappa shape index (κ2) is 80.7. The molecule has 0 aliphatic heterocycles. The second-order valence-corrected chi connectivity index (χ2v) is 29.5. The number of unbranched alkanes of at least 4 members (excludes halogenated alkanes) is 15. The number of allylic oxidation sites excluding steroid dienone is 34. The summed E-state index contributed by atoms with van der Waals surface area (Å²) in [6.07, 6.45) is 101. The third-order valence-corrected chi connectivity index (χ3v) is 18.2. The molecule has 0 aliphatic rings. The van der Waals surface area contributed by atoms with Gasteiger partial charge in [-0.15, -0.1) is 0 Å². The van der Waals surface area contributed by atoms with E-state index in [1.807, 2.05) is 54.7 Å². The van der Waals surface area contributed by atoms with Crippen LogP contribution in [-0.2, 0) is 65.4 Å². The predicted octanol–water partition coefficient (Wildman–Crippen LogP) is 24.7. The van der Waals surface area contributed by atoms with Crippen LogP contribution in [0.4, 0.5) is 0 Å². The third kappa shape index (κ3) is 79.7. The van der Waals surface area contributed by atoms with Crippen LogP contribution >= 0.6 is 15.6 Å². The van der Waals surface area contributed by atoms with Gasteiger partial charge in [0.25, 0.3) is 0 Å². The average Bonchev–Trinajstić information content (AvgIpc) is 0.906. The van der Waals surface area contributed by atoms with Crippen molar-refractivity contribution in [1.29, 1.82) is 0 Å². The molecule has 17 nitrogen and oxygen atoms in total. The van der Waals surface area contributed by atoms with Gasteiger partial charge in [0.2, 0.25) is 0 Å². The maximum atomic E-state index is 13.1. The number of hydrogen-bond donors (Lipinski definition) is 3. The molecule has 3 N–H and O–H groups in total. The van der Waals surface area contributed by atoms with Crippen molar-refractivity contribution < 1.29 is 80.2 Å². The summed E-state index contributed by atoms with van der Waals surface area (Å²) in [5.74, 6) is -2.49. The molecule has 0 amide bonds. The normalized spacial score (nSPS) is 14.9. The van der Waals surface area contributed by atoms with Crippen molar-refractivity contribution in [3.05, 3.63) is 207 Å². The van der Waals surface area contributed by atoms with Crippen molar-refractivity contribution in [1.82, 2.24) is 0 Å². The minimum Gasteiger partial charge on any atom is -0.462 e. The summed E-state index contributed by atoms with van der Waals surface area (Å²) in [6.45, 7) is 4.34. The van der Waals surface area contributed by atoms with E-state index in [-0.39, 0.29) is 25.7 Å². The van der Waals surface area contributed by atoms with E-state index in [1.54, 1.807) is 0 Å². The monoisotopic (exact) mass is 1570 g/mol. The summed E-state index contributed by atoms with van der Waals surface area (Å²) in [5.41, 5.74) is 0. The molecule has 19 heteroatoms. The van der Waals surface area contributed by atoms with E-state index in [2.05, 4.69) is 180 Å². The zero-order valence-corrected chi connectivity index (χ0v) is 69.6. The van der Waals surface area contributed by atoms with Gasteiger partial charge in [0.1, 0.15) is 19.3 Å². The molecule has 2 unspecified atom stereocenters. The molecule has 5 atom stereocenters. The topological polar surface area (TPSA) is 237 Å². The van der Waals surface area contributed by atoms with Gasteiger partial charge >= 0.3 is 39.5 Å². The Bertz CT molecular complexity index is 2900. The van der Waals surface area contributed by atoms with Gasteiger partial charge in [-0.1, -0.05) is 324 Å². The SMILES string of the molecule is CC/C=C\C/C=C\C/C=C\C/C=C\C/C=C\C/C=C\CCC(=O)OC[C@H](COP(=O)(O)OC[C@@H](O)COP(=O)(O)OC[C@@H](COC(=O)CCCCCCCCCCCCCCC)OC(=O)CC/C=C\C/C=C\C/C=C\C/C=C\C/C=C\CCCCC)OC(=O)CC/C=C\C/C=C\C/C=C\C/C=C\C/C=C\C/C=C\CC. The summed E-state index contributed by atoms with van der Waals surface area (Å²) in [5, 5.41) is 10.7. The van der Waals surface area contributed by atoms with Gasteiger partial charge in [0, 0.05) is 25.7 Å². The van der Waals surface area contributed by atoms with Gasteiger partial charge in [-0.2, -0.15) is 0 Å². The Morgan fingerprint density at radius 2 is 0.491 bits per heavy atom. The van der Waals surface area contributed by atoms with Gasteiger partial charge in [0.05, 0.1) is 26.4 Å². The van der Waals surface area contributed by atoms with Crippen LogP contribution in [0.15, 0.2) is 207 Å². The Labute approximate surface area is 665 Å². The van der Waals surface area contributed by atoms with Crippen LogP contribution in [0.3, 0.4) is 0 Å². The van der Waals surface area contributed by atoms with Crippen LogP contribution in [0.1, 0.15) is 285 Å². The van der Waals surface area contributed by atoms with Crippen molar-refractivity contribution in [3.8, 4) is 0 Å². The van der Waals surface area contributed by atoms with E-state index in [0.29, 0.717) is 44.9 Å². The molecule has 0 aromatic carbocycles. The quantitative estimate of drug-likeness (QED) is 0.0169. The first-order valence-corrected chi connectivity index (χ1v) is 44.3. The van der Waals surface area contributed by atoms with Crippen molar-refractivity contribution in [2.75, 3.05) is 39.6 Å². The largest absolute Gasteiger partial charge is 0.472 e. The smallest absolute Gasteiger partial charge is 0.462 e. The van der Waals surface area contributed by atoms with Crippen LogP contribution in [0, 0.1) is 0 Å². The molecule has 0 bridgehead atoms. The summed E-state index contributed by atoms with van der Waals surface area (Å²) in [4.78, 5) is 73.0. The molecule has 0 heterocycles. The molecule has 0 radical (unpaired) electrons. The Kier molecular flexibility index (Phi) is 76.0. The highest BCUT2D eigenvalue weighted by molar-refractivity contribution is 7.47. The number of carbonyl (C=O) groups excluding carboxylic acids is 4. The third-order valence-electron chi connectivity index (χ3n) is 16.3. The lowest BCUT2D eigenvalue weighted by Gasteiger charge is -2.21. The lowest BCUT2D eigenvalue weighted by atomic mass is 10.0. The van der Waals surface area contributed by atoms with Gasteiger partial charge in [-0.05, 0) is 141 Å². The Morgan fingerprint density at radius 3 is 0.782 bits per heavy atom. The Morgan fingerprint density at radius 1 is 0.264 bits per heavy atom. The minimum atomic E-state index is -5.03. The summed E-state index contributed by atoms with van der Waals surface area (Å²) in [6, 6.07) is 0. The first-order valence-electron chi connectivity index (χ1n) is 41.3. The van der Waals surface area contributed by atoms with Crippen LogP contribution < -0.4 is 0 Å². The van der Waals surface area contributed by atoms with Gasteiger partial charge in [-0.25, -0.2) is 9.13 Å². The lowest BCUT2D eigenvalue weighted by Crippen LogP contribution is -2.30. The summed E-state index contributed by atoms with van der Waals surface area (Å²) >= 11 is 0. The number of phosphoric acid groups is 2. The molecule has 0 saturated heterocycles. The number of rotatable bonds is 75. The molecule has 620 valence electrons. The van der Waals surface area contributed by atoms with E-state index in [4.69, 9.17) is 37.0 Å². The first-order chi connectivity index (χ1) is 53.7. The number of aliphatic hydroxyl groups is 1. The second-order valence-electron chi connectivity index (χ2n) is 26.6. The number of phosphoric ester groups is 2. The number of esters is 4. The zero-order chi connectivity index (χ0) is 80.3. The van der Waals surface area contributed by atoms with Crippen LogP contribution in [0.5, 0.6) is 0 Å². The number of hydrogen-bond acceptors (Lipinski definition) is 15. The predicted molar refractivity (Wildman–Crippen MR) is 454 cm³/mol. The highest BCUT2D eigenvalue weighted by atomic mass is 31.2.